The minimum atomic E-state index is -0.473. The Bertz CT molecular complexity index is 636. The van der Waals surface area contributed by atoms with E-state index < -0.39 is 6.10 Å². The first-order valence-corrected chi connectivity index (χ1v) is 7.94. The first kappa shape index (κ1) is 15.7. The first-order valence-electron chi connectivity index (χ1n) is 7.94. The van der Waals surface area contributed by atoms with Crippen LogP contribution in [0, 0.1) is 0 Å². The van der Waals surface area contributed by atoms with Gasteiger partial charge in [-0.3, -0.25) is 4.79 Å². The van der Waals surface area contributed by atoms with Crippen LogP contribution in [0.1, 0.15) is 5.56 Å². The SMILES string of the molecule is O=C(NCCc1cccc(-c2ccccc2)c1)[C@H]1COCCO1. The Balaban J connectivity index is 1.53. The van der Waals surface area contributed by atoms with Crippen molar-refractivity contribution >= 4 is 5.91 Å². The van der Waals surface area contributed by atoms with Crippen molar-refractivity contribution in [1.29, 1.82) is 0 Å². The highest BCUT2D eigenvalue weighted by Crippen LogP contribution is 2.20. The van der Waals surface area contributed by atoms with Gasteiger partial charge in [0.2, 0.25) is 0 Å². The lowest BCUT2D eigenvalue weighted by Crippen LogP contribution is -2.43. The van der Waals surface area contributed by atoms with E-state index in [1.807, 2.05) is 18.2 Å². The molecule has 0 saturated carbocycles. The molecular weight excluding hydrogens is 290 g/mol. The number of carbonyl (C=O) groups excluding carboxylic acids is 1. The summed E-state index contributed by atoms with van der Waals surface area (Å²) in [6.45, 7) is 1.99. The normalized spacial score (nSPS) is 17.7. The topological polar surface area (TPSA) is 47.6 Å². The Hall–Kier alpha value is -2.17. The summed E-state index contributed by atoms with van der Waals surface area (Å²) in [7, 11) is 0. The van der Waals surface area contributed by atoms with Gasteiger partial charge < -0.3 is 14.8 Å². The lowest BCUT2D eigenvalue weighted by Gasteiger charge is -2.22. The first-order chi connectivity index (χ1) is 11.3. The van der Waals surface area contributed by atoms with Gasteiger partial charge in [0.1, 0.15) is 0 Å². The van der Waals surface area contributed by atoms with E-state index in [1.165, 1.54) is 16.7 Å². The van der Waals surface area contributed by atoms with Crippen molar-refractivity contribution in [1.82, 2.24) is 5.32 Å². The fourth-order valence-corrected chi connectivity index (χ4v) is 2.62. The van der Waals surface area contributed by atoms with Gasteiger partial charge in [0, 0.05) is 6.54 Å². The number of ether oxygens (including phenoxy) is 2. The maximum absolute atomic E-state index is 12.0. The Labute approximate surface area is 136 Å². The fourth-order valence-electron chi connectivity index (χ4n) is 2.62. The molecule has 1 saturated heterocycles. The van der Waals surface area contributed by atoms with Crippen LogP contribution in [0.2, 0.25) is 0 Å². The lowest BCUT2D eigenvalue weighted by molar-refractivity contribution is -0.147. The molecule has 2 aromatic rings. The van der Waals surface area contributed by atoms with Crippen molar-refractivity contribution in [3.63, 3.8) is 0 Å². The highest BCUT2D eigenvalue weighted by Gasteiger charge is 2.21. The number of nitrogens with one attached hydrogen (secondary N) is 1. The van der Waals surface area contributed by atoms with Crippen LogP contribution in [0.5, 0.6) is 0 Å². The van der Waals surface area contributed by atoms with Crippen molar-refractivity contribution in [3.05, 3.63) is 60.2 Å². The highest BCUT2D eigenvalue weighted by molar-refractivity contribution is 5.81. The molecule has 0 unspecified atom stereocenters. The molecule has 0 aliphatic carbocycles. The summed E-state index contributed by atoms with van der Waals surface area (Å²) >= 11 is 0. The van der Waals surface area contributed by atoms with Gasteiger partial charge in [-0.2, -0.15) is 0 Å². The summed E-state index contributed by atoms with van der Waals surface area (Å²) in [5.74, 6) is -0.0936. The third kappa shape index (κ3) is 4.41. The molecule has 1 atom stereocenters. The van der Waals surface area contributed by atoms with Crippen molar-refractivity contribution in [2.24, 2.45) is 0 Å². The van der Waals surface area contributed by atoms with Crippen molar-refractivity contribution in [2.45, 2.75) is 12.5 Å². The second kappa shape index (κ2) is 7.90. The van der Waals surface area contributed by atoms with Gasteiger partial charge in [-0.05, 0) is 23.1 Å². The molecule has 1 fully saturated rings. The number of hydrogen-bond donors (Lipinski definition) is 1. The Morgan fingerprint density at radius 3 is 2.65 bits per heavy atom. The Morgan fingerprint density at radius 2 is 1.87 bits per heavy atom. The average molecular weight is 311 g/mol. The van der Waals surface area contributed by atoms with Crippen LogP contribution in [0.15, 0.2) is 54.6 Å². The van der Waals surface area contributed by atoms with Crippen molar-refractivity contribution < 1.29 is 14.3 Å². The molecule has 0 aromatic heterocycles. The van der Waals surface area contributed by atoms with E-state index in [0.29, 0.717) is 26.4 Å². The quantitative estimate of drug-likeness (QED) is 0.922. The maximum atomic E-state index is 12.0. The van der Waals surface area contributed by atoms with Crippen LogP contribution in [0.4, 0.5) is 0 Å². The van der Waals surface area contributed by atoms with Gasteiger partial charge in [-0.1, -0.05) is 54.6 Å². The Kier molecular flexibility index (Phi) is 5.40. The smallest absolute Gasteiger partial charge is 0.251 e. The standard InChI is InChI=1S/C19H21NO3/c21-19(18-14-22-11-12-23-18)20-10-9-15-5-4-8-17(13-15)16-6-2-1-3-7-16/h1-8,13,18H,9-12,14H2,(H,20,21)/t18-/m1/s1. The van der Waals surface area contributed by atoms with Gasteiger partial charge in [0.25, 0.3) is 5.91 Å². The number of amides is 1. The zero-order chi connectivity index (χ0) is 15.9. The zero-order valence-corrected chi connectivity index (χ0v) is 13.0. The summed E-state index contributed by atoms with van der Waals surface area (Å²) < 4.78 is 10.6. The highest BCUT2D eigenvalue weighted by atomic mass is 16.6. The van der Waals surface area contributed by atoms with Crippen LogP contribution in [-0.4, -0.2) is 38.4 Å². The molecule has 0 spiro atoms. The van der Waals surface area contributed by atoms with E-state index in [-0.39, 0.29) is 5.91 Å². The molecule has 1 N–H and O–H groups in total. The van der Waals surface area contributed by atoms with E-state index in [9.17, 15) is 4.79 Å². The van der Waals surface area contributed by atoms with Crippen molar-refractivity contribution in [3.8, 4) is 11.1 Å². The monoisotopic (exact) mass is 311 g/mol. The molecule has 2 aromatic carbocycles. The predicted octanol–water partition coefficient (Wildman–Crippen LogP) is 2.43. The molecule has 4 heteroatoms. The van der Waals surface area contributed by atoms with Crippen molar-refractivity contribution in [2.75, 3.05) is 26.4 Å². The number of hydrogen-bond acceptors (Lipinski definition) is 3. The third-order valence-corrected chi connectivity index (χ3v) is 3.86. The summed E-state index contributed by atoms with van der Waals surface area (Å²) in [4.78, 5) is 12.0. The third-order valence-electron chi connectivity index (χ3n) is 3.86. The summed E-state index contributed by atoms with van der Waals surface area (Å²) in [5.41, 5.74) is 3.59. The molecule has 0 radical (unpaired) electrons. The van der Waals surface area contributed by atoms with Gasteiger partial charge in [-0.15, -0.1) is 0 Å². The lowest BCUT2D eigenvalue weighted by atomic mass is 10.0. The molecule has 23 heavy (non-hydrogen) atoms. The van der Waals surface area contributed by atoms with Gasteiger partial charge in [-0.25, -0.2) is 0 Å². The van der Waals surface area contributed by atoms with E-state index in [4.69, 9.17) is 9.47 Å². The van der Waals surface area contributed by atoms with Crippen LogP contribution in [0.3, 0.4) is 0 Å². The van der Waals surface area contributed by atoms with E-state index in [1.54, 1.807) is 0 Å². The molecule has 0 bridgehead atoms. The molecule has 1 aliphatic rings. The van der Waals surface area contributed by atoms with E-state index in [0.717, 1.165) is 6.42 Å². The molecule has 3 rings (SSSR count). The molecule has 1 aliphatic heterocycles. The van der Waals surface area contributed by atoms with Gasteiger partial charge in [0.15, 0.2) is 6.10 Å². The van der Waals surface area contributed by atoms with E-state index >= 15 is 0 Å². The molecular formula is C19H21NO3. The van der Waals surface area contributed by atoms with E-state index in [2.05, 4.69) is 41.7 Å². The second-order valence-corrected chi connectivity index (χ2v) is 5.54. The maximum Gasteiger partial charge on any atom is 0.251 e. The minimum Gasteiger partial charge on any atom is -0.376 e. The minimum absolute atomic E-state index is 0.0936. The summed E-state index contributed by atoms with van der Waals surface area (Å²) in [6.07, 6.45) is 0.319. The van der Waals surface area contributed by atoms with Gasteiger partial charge in [0.05, 0.1) is 19.8 Å². The number of carbonyl (C=O) groups is 1. The van der Waals surface area contributed by atoms with Crippen LogP contribution in [0.25, 0.3) is 11.1 Å². The molecule has 120 valence electrons. The number of rotatable bonds is 5. The molecule has 1 amide bonds. The summed E-state index contributed by atoms with van der Waals surface area (Å²) in [5, 5.41) is 2.92. The Morgan fingerprint density at radius 1 is 1.04 bits per heavy atom. The predicted molar refractivity (Wildman–Crippen MR) is 89.2 cm³/mol. The van der Waals surface area contributed by atoms with Gasteiger partial charge >= 0.3 is 0 Å². The van der Waals surface area contributed by atoms with Crippen LogP contribution >= 0.6 is 0 Å². The van der Waals surface area contributed by atoms with Crippen LogP contribution < -0.4 is 5.32 Å². The fraction of sp³-hybridized carbons (Fsp3) is 0.316. The molecule has 1 heterocycles. The molecule has 4 nitrogen and oxygen atoms in total. The average Bonchev–Trinajstić information content (AvgIpc) is 2.63. The number of benzene rings is 2. The second-order valence-electron chi connectivity index (χ2n) is 5.54. The summed E-state index contributed by atoms with van der Waals surface area (Å²) in [6, 6.07) is 18.7. The largest absolute Gasteiger partial charge is 0.376 e. The van der Waals surface area contributed by atoms with Crippen LogP contribution in [-0.2, 0) is 20.7 Å². The zero-order valence-electron chi connectivity index (χ0n) is 13.0.